The van der Waals surface area contributed by atoms with Gasteiger partial charge < -0.3 is 15.4 Å². The van der Waals surface area contributed by atoms with E-state index >= 15 is 0 Å². The van der Waals surface area contributed by atoms with E-state index in [0.717, 1.165) is 11.3 Å². The number of aromatic amines is 1. The second-order valence-electron chi connectivity index (χ2n) is 5.20. The maximum atomic E-state index is 12.1. The van der Waals surface area contributed by atoms with Gasteiger partial charge in [-0.15, -0.1) is 0 Å². The fraction of sp³-hybridized carbons (Fsp3) is 0.118. The first-order chi connectivity index (χ1) is 12.2. The van der Waals surface area contributed by atoms with Crippen molar-refractivity contribution in [1.29, 1.82) is 0 Å². The van der Waals surface area contributed by atoms with Crippen LogP contribution in [-0.2, 0) is 6.54 Å². The molecule has 0 bridgehead atoms. The normalized spacial score (nSPS) is 10.1. The Morgan fingerprint density at radius 3 is 2.92 bits per heavy atom. The standard InChI is InChI=1S/C17H18N6O2/c1-25-15-5-6-18-16(8-15)23-17(24)22-13-4-2-3-12(7-13)9-19-14-10-20-21-11-14/h2-8,10-11,19H,9H2,1H3,(H,20,21)(H2,18,22,23,24). The van der Waals surface area contributed by atoms with Crippen molar-refractivity contribution in [2.24, 2.45) is 0 Å². The Balaban J connectivity index is 1.58. The summed E-state index contributed by atoms with van der Waals surface area (Å²) >= 11 is 0. The van der Waals surface area contributed by atoms with Crippen LogP contribution in [0.15, 0.2) is 55.0 Å². The molecule has 25 heavy (non-hydrogen) atoms. The number of methoxy groups -OCH3 is 1. The van der Waals surface area contributed by atoms with Crippen molar-refractivity contribution in [3.05, 3.63) is 60.6 Å². The van der Waals surface area contributed by atoms with Crippen LogP contribution in [0.3, 0.4) is 0 Å². The molecule has 0 radical (unpaired) electrons. The Kier molecular flexibility index (Phi) is 5.10. The minimum atomic E-state index is -0.374. The van der Waals surface area contributed by atoms with Crippen molar-refractivity contribution in [3.63, 3.8) is 0 Å². The Labute approximate surface area is 144 Å². The molecule has 0 atom stereocenters. The van der Waals surface area contributed by atoms with Crippen LogP contribution in [-0.4, -0.2) is 28.3 Å². The molecular formula is C17H18N6O2. The lowest BCUT2D eigenvalue weighted by Gasteiger charge is -2.10. The molecule has 3 aromatic rings. The third-order valence-electron chi connectivity index (χ3n) is 3.39. The minimum Gasteiger partial charge on any atom is -0.497 e. The Bertz CT molecular complexity index is 835. The summed E-state index contributed by atoms with van der Waals surface area (Å²) in [5, 5.41) is 15.3. The summed E-state index contributed by atoms with van der Waals surface area (Å²) in [6.45, 7) is 0.619. The van der Waals surface area contributed by atoms with E-state index in [1.165, 1.54) is 0 Å². The second kappa shape index (κ2) is 7.82. The van der Waals surface area contributed by atoms with E-state index < -0.39 is 0 Å². The Morgan fingerprint density at radius 1 is 1.20 bits per heavy atom. The SMILES string of the molecule is COc1ccnc(NC(=O)Nc2cccc(CNc3cn[nH]c3)c2)c1. The molecule has 0 saturated heterocycles. The molecule has 2 aromatic heterocycles. The molecule has 3 rings (SSSR count). The molecule has 8 heteroatoms. The van der Waals surface area contributed by atoms with Crippen molar-refractivity contribution in [1.82, 2.24) is 15.2 Å². The number of urea groups is 1. The molecule has 0 aliphatic heterocycles. The molecule has 0 fully saturated rings. The summed E-state index contributed by atoms with van der Waals surface area (Å²) in [6.07, 6.45) is 5.05. The van der Waals surface area contributed by atoms with Crippen LogP contribution in [0.2, 0.25) is 0 Å². The largest absolute Gasteiger partial charge is 0.497 e. The van der Waals surface area contributed by atoms with E-state index in [1.54, 1.807) is 37.8 Å². The molecule has 2 amide bonds. The first-order valence-corrected chi connectivity index (χ1v) is 7.62. The number of carbonyl (C=O) groups is 1. The van der Waals surface area contributed by atoms with Crippen molar-refractivity contribution in [2.45, 2.75) is 6.54 Å². The summed E-state index contributed by atoms with van der Waals surface area (Å²) < 4.78 is 5.10. The number of amides is 2. The number of anilines is 3. The fourth-order valence-corrected chi connectivity index (χ4v) is 2.20. The molecule has 4 N–H and O–H groups in total. The predicted molar refractivity (Wildman–Crippen MR) is 95.8 cm³/mol. The van der Waals surface area contributed by atoms with E-state index in [9.17, 15) is 4.79 Å². The number of H-pyrrole nitrogens is 1. The van der Waals surface area contributed by atoms with Gasteiger partial charge in [-0.1, -0.05) is 12.1 Å². The predicted octanol–water partition coefficient (Wildman–Crippen LogP) is 3.07. The van der Waals surface area contributed by atoms with Gasteiger partial charge in [-0.25, -0.2) is 9.78 Å². The van der Waals surface area contributed by atoms with Gasteiger partial charge in [0.2, 0.25) is 0 Å². The molecule has 8 nitrogen and oxygen atoms in total. The summed E-state index contributed by atoms with van der Waals surface area (Å²) in [6, 6.07) is 10.5. The summed E-state index contributed by atoms with van der Waals surface area (Å²) in [5.74, 6) is 1.03. The highest BCUT2D eigenvalue weighted by Gasteiger charge is 2.05. The number of rotatable bonds is 6. The monoisotopic (exact) mass is 338 g/mol. The van der Waals surface area contributed by atoms with Crippen molar-refractivity contribution >= 4 is 23.2 Å². The number of ether oxygens (including phenoxy) is 1. The van der Waals surface area contributed by atoms with Gasteiger partial charge in [0.1, 0.15) is 11.6 Å². The number of nitrogens with zero attached hydrogens (tertiary/aromatic N) is 2. The maximum absolute atomic E-state index is 12.1. The Morgan fingerprint density at radius 2 is 2.12 bits per heavy atom. The van der Waals surface area contributed by atoms with Crippen LogP contribution >= 0.6 is 0 Å². The number of hydrogen-bond donors (Lipinski definition) is 4. The van der Waals surface area contributed by atoms with Crippen LogP contribution in [0.5, 0.6) is 5.75 Å². The van der Waals surface area contributed by atoms with Gasteiger partial charge >= 0.3 is 6.03 Å². The van der Waals surface area contributed by atoms with Crippen LogP contribution in [0.4, 0.5) is 22.0 Å². The molecule has 0 unspecified atom stereocenters. The Hall–Kier alpha value is -3.55. The minimum absolute atomic E-state index is 0.374. The lowest BCUT2D eigenvalue weighted by molar-refractivity contribution is 0.262. The smallest absolute Gasteiger partial charge is 0.324 e. The van der Waals surface area contributed by atoms with Gasteiger partial charge in [0.05, 0.1) is 19.0 Å². The number of hydrogen-bond acceptors (Lipinski definition) is 5. The highest BCUT2D eigenvalue weighted by molar-refractivity contribution is 5.99. The molecule has 0 saturated carbocycles. The molecule has 0 aliphatic carbocycles. The zero-order valence-corrected chi connectivity index (χ0v) is 13.6. The zero-order valence-electron chi connectivity index (χ0n) is 13.6. The highest BCUT2D eigenvalue weighted by atomic mass is 16.5. The third kappa shape index (κ3) is 4.71. The van der Waals surface area contributed by atoms with Crippen molar-refractivity contribution in [3.8, 4) is 5.75 Å². The van der Waals surface area contributed by atoms with Crippen molar-refractivity contribution < 1.29 is 9.53 Å². The van der Waals surface area contributed by atoms with Crippen LogP contribution in [0.25, 0.3) is 0 Å². The lowest BCUT2D eigenvalue weighted by Crippen LogP contribution is -2.20. The quantitative estimate of drug-likeness (QED) is 0.553. The van der Waals surface area contributed by atoms with Crippen LogP contribution < -0.4 is 20.7 Å². The molecular weight excluding hydrogens is 320 g/mol. The van der Waals surface area contributed by atoms with E-state index in [2.05, 4.69) is 31.1 Å². The van der Waals surface area contributed by atoms with Crippen LogP contribution in [0, 0.1) is 0 Å². The first-order valence-electron chi connectivity index (χ1n) is 7.62. The number of carbonyl (C=O) groups excluding carboxylic acids is 1. The summed E-state index contributed by atoms with van der Waals surface area (Å²) in [7, 11) is 1.56. The molecule has 0 spiro atoms. The van der Waals surface area contributed by atoms with E-state index in [1.807, 2.05) is 24.3 Å². The third-order valence-corrected chi connectivity index (χ3v) is 3.39. The van der Waals surface area contributed by atoms with Gasteiger partial charge in [-0.3, -0.25) is 10.4 Å². The highest BCUT2D eigenvalue weighted by Crippen LogP contribution is 2.15. The zero-order chi connectivity index (χ0) is 17.5. The average molecular weight is 338 g/mol. The number of pyridine rings is 1. The topological polar surface area (TPSA) is 104 Å². The van der Waals surface area contributed by atoms with Crippen LogP contribution in [0.1, 0.15) is 5.56 Å². The van der Waals surface area contributed by atoms with E-state index in [0.29, 0.717) is 23.8 Å². The number of nitrogens with one attached hydrogen (secondary N) is 4. The van der Waals surface area contributed by atoms with Gasteiger partial charge in [0, 0.05) is 30.7 Å². The van der Waals surface area contributed by atoms with Crippen molar-refractivity contribution in [2.75, 3.05) is 23.1 Å². The fourth-order valence-electron chi connectivity index (χ4n) is 2.20. The van der Waals surface area contributed by atoms with Gasteiger partial charge in [0.15, 0.2) is 0 Å². The summed E-state index contributed by atoms with van der Waals surface area (Å²) in [4.78, 5) is 16.2. The molecule has 1 aromatic carbocycles. The van der Waals surface area contributed by atoms with Gasteiger partial charge in [-0.2, -0.15) is 5.10 Å². The summed E-state index contributed by atoms with van der Waals surface area (Å²) in [5.41, 5.74) is 2.62. The van der Waals surface area contributed by atoms with Gasteiger partial charge in [0.25, 0.3) is 0 Å². The number of benzene rings is 1. The first kappa shape index (κ1) is 16.3. The maximum Gasteiger partial charge on any atom is 0.324 e. The second-order valence-corrected chi connectivity index (χ2v) is 5.20. The molecule has 128 valence electrons. The van der Waals surface area contributed by atoms with E-state index in [-0.39, 0.29) is 6.03 Å². The molecule has 0 aliphatic rings. The number of aromatic nitrogens is 3. The van der Waals surface area contributed by atoms with Gasteiger partial charge in [-0.05, 0) is 23.8 Å². The average Bonchev–Trinajstić information content (AvgIpc) is 3.14. The van der Waals surface area contributed by atoms with E-state index in [4.69, 9.17) is 4.74 Å². The lowest BCUT2D eigenvalue weighted by atomic mass is 10.2. The molecule has 2 heterocycles.